The van der Waals surface area contributed by atoms with E-state index in [9.17, 15) is 18.4 Å². The van der Waals surface area contributed by atoms with Crippen LogP contribution in [0.25, 0.3) is 0 Å². The van der Waals surface area contributed by atoms with E-state index in [0.717, 1.165) is 5.56 Å². The van der Waals surface area contributed by atoms with E-state index in [0.29, 0.717) is 24.0 Å². The van der Waals surface area contributed by atoms with Crippen LogP contribution in [-0.4, -0.2) is 24.3 Å². The van der Waals surface area contributed by atoms with Crippen LogP contribution >= 0.6 is 0 Å². The summed E-state index contributed by atoms with van der Waals surface area (Å²) in [5, 5.41) is 2.52. The van der Waals surface area contributed by atoms with Gasteiger partial charge in [0, 0.05) is 12.8 Å². The minimum Gasteiger partial charge on any atom is -0.435 e. The van der Waals surface area contributed by atoms with E-state index in [2.05, 4.69) is 15.0 Å². The van der Waals surface area contributed by atoms with Crippen LogP contribution in [-0.2, 0) is 15.1 Å². The van der Waals surface area contributed by atoms with Gasteiger partial charge in [-0.25, -0.2) is 4.99 Å². The second-order valence-electron chi connectivity index (χ2n) is 6.83. The van der Waals surface area contributed by atoms with E-state index in [1.54, 1.807) is 12.1 Å². The highest BCUT2D eigenvalue weighted by Crippen LogP contribution is 2.40. The average molecular weight is 385 g/mol. The number of carbonyl (C=O) groups excluding carboxylic acids is 2. The van der Waals surface area contributed by atoms with E-state index in [1.165, 1.54) is 24.3 Å². The summed E-state index contributed by atoms with van der Waals surface area (Å²) in [4.78, 5) is 28.6. The van der Waals surface area contributed by atoms with Gasteiger partial charge in [0.05, 0.1) is 0 Å². The minimum atomic E-state index is -2.94. The Kier molecular flexibility index (Phi) is 4.33. The zero-order valence-electron chi connectivity index (χ0n) is 14.7. The van der Waals surface area contributed by atoms with Crippen molar-refractivity contribution in [2.24, 2.45) is 10.7 Å². The fraction of sp³-hybridized carbons (Fsp3) is 0.250. The van der Waals surface area contributed by atoms with Crippen molar-refractivity contribution in [2.45, 2.75) is 30.9 Å². The quantitative estimate of drug-likeness (QED) is 0.827. The number of nitrogens with one attached hydrogen (secondary N) is 1. The number of rotatable bonds is 5. The summed E-state index contributed by atoms with van der Waals surface area (Å²) in [7, 11) is 0. The number of carbonyl (C=O) groups is 2. The molecule has 28 heavy (non-hydrogen) atoms. The summed E-state index contributed by atoms with van der Waals surface area (Å²) in [5.74, 6) is -0.153. The molecule has 2 aliphatic rings. The van der Waals surface area contributed by atoms with Crippen molar-refractivity contribution in [3.63, 3.8) is 0 Å². The molecule has 6 nitrogen and oxygen atoms in total. The molecular formula is C20H17F2N3O3. The molecule has 3 N–H and O–H groups in total. The Bertz CT molecular complexity index is 967. The van der Waals surface area contributed by atoms with Crippen molar-refractivity contribution in [1.82, 2.24) is 5.32 Å². The molecule has 0 radical (unpaired) electrons. The molecule has 8 heteroatoms. The first-order valence-electron chi connectivity index (χ1n) is 8.73. The molecule has 1 unspecified atom stereocenters. The SMILES string of the molecule is NC1=NC(c2ccc(OC(F)F)cc2)(c2cccc(C3CC(=O)C3)c2)C(=O)N1. The van der Waals surface area contributed by atoms with Crippen LogP contribution in [0.15, 0.2) is 53.5 Å². The summed E-state index contributed by atoms with van der Waals surface area (Å²) in [6.45, 7) is -2.94. The van der Waals surface area contributed by atoms with Gasteiger partial charge in [-0.15, -0.1) is 0 Å². The molecule has 1 fully saturated rings. The van der Waals surface area contributed by atoms with E-state index in [-0.39, 0.29) is 23.4 Å². The molecule has 0 bridgehead atoms. The number of nitrogens with zero attached hydrogens (tertiary/aromatic N) is 1. The first-order chi connectivity index (χ1) is 13.4. The lowest BCUT2D eigenvalue weighted by atomic mass is 9.76. The molecule has 1 aliphatic carbocycles. The maximum atomic E-state index is 12.9. The monoisotopic (exact) mass is 385 g/mol. The third-order valence-electron chi connectivity index (χ3n) is 5.08. The molecule has 0 saturated heterocycles. The largest absolute Gasteiger partial charge is 0.435 e. The Labute approximate surface area is 159 Å². The Morgan fingerprint density at radius 3 is 2.39 bits per heavy atom. The second kappa shape index (κ2) is 6.70. The maximum Gasteiger partial charge on any atom is 0.387 e. The first kappa shape index (κ1) is 18.1. The summed E-state index contributed by atoms with van der Waals surface area (Å²) < 4.78 is 29.2. The fourth-order valence-electron chi connectivity index (χ4n) is 3.64. The topological polar surface area (TPSA) is 93.8 Å². The van der Waals surface area contributed by atoms with Crippen molar-refractivity contribution in [2.75, 3.05) is 0 Å². The molecule has 1 aliphatic heterocycles. The molecule has 0 spiro atoms. The number of hydrogen-bond donors (Lipinski definition) is 2. The van der Waals surface area contributed by atoms with Crippen molar-refractivity contribution in [3.8, 4) is 5.75 Å². The predicted molar refractivity (Wildman–Crippen MR) is 97.0 cm³/mol. The maximum absolute atomic E-state index is 12.9. The molecular weight excluding hydrogens is 368 g/mol. The van der Waals surface area contributed by atoms with Crippen molar-refractivity contribution < 1.29 is 23.1 Å². The number of nitrogens with two attached hydrogens (primary N) is 1. The lowest BCUT2D eigenvalue weighted by molar-refractivity contribution is -0.125. The highest BCUT2D eigenvalue weighted by atomic mass is 19.3. The van der Waals surface area contributed by atoms with Gasteiger partial charge >= 0.3 is 6.61 Å². The van der Waals surface area contributed by atoms with Crippen molar-refractivity contribution >= 4 is 17.6 Å². The fourth-order valence-corrected chi connectivity index (χ4v) is 3.64. The van der Waals surface area contributed by atoms with Gasteiger partial charge in [-0.2, -0.15) is 8.78 Å². The van der Waals surface area contributed by atoms with E-state index < -0.39 is 18.1 Å². The Balaban J connectivity index is 1.77. The number of benzene rings is 2. The number of halogens is 2. The van der Waals surface area contributed by atoms with Gasteiger partial charge in [0.2, 0.25) is 0 Å². The molecule has 144 valence electrons. The summed E-state index contributed by atoms with van der Waals surface area (Å²) in [6, 6.07) is 13.1. The molecule has 1 saturated carbocycles. The number of amides is 1. The summed E-state index contributed by atoms with van der Waals surface area (Å²) in [6.07, 6.45) is 0.960. The molecule has 1 heterocycles. The normalized spacial score (nSPS) is 22.0. The van der Waals surface area contributed by atoms with Crippen LogP contribution in [0.4, 0.5) is 8.78 Å². The molecule has 2 aromatic carbocycles. The number of ether oxygens (including phenoxy) is 1. The number of Topliss-reactive ketones (excluding diaryl/α,β-unsaturated/α-hetero) is 1. The molecule has 1 amide bonds. The van der Waals surface area contributed by atoms with Gasteiger partial charge in [-0.1, -0.05) is 36.4 Å². The van der Waals surface area contributed by atoms with Crippen LogP contribution in [0, 0.1) is 0 Å². The zero-order valence-corrected chi connectivity index (χ0v) is 14.7. The van der Waals surface area contributed by atoms with Crippen LogP contribution in [0.3, 0.4) is 0 Å². The van der Waals surface area contributed by atoms with E-state index in [1.807, 2.05) is 12.1 Å². The van der Waals surface area contributed by atoms with Crippen molar-refractivity contribution in [3.05, 3.63) is 65.2 Å². The highest BCUT2D eigenvalue weighted by molar-refractivity contribution is 6.09. The zero-order chi connectivity index (χ0) is 19.9. The molecule has 2 aromatic rings. The van der Waals surface area contributed by atoms with Gasteiger partial charge < -0.3 is 10.5 Å². The van der Waals surface area contributed by atoms with Crippen LogP contribution in [0.1, 0.15) is 35.4 Å². The Morgan fingerprint density at radius 2 is 1.82 bits per heavy atom. The number of ketones is 1. The Morgan fingerprint density at radius 1 is 1.11 bits per heavy atom. The number of aliphatic imine (C=N–C) groups is 1. The highest BCUT2D eigenvalue weighted by Gasteiger charge is 2.47. The van der Waals surface area contributed by atoms with Crippen LogP contribution in [0.5, 0.6) is 5.75 Å². The van der Waals surface area contributed by atoms with Gasteiger partial charge in [0.1, 0.15) is 11.5 Å². The molecule has 0 aromatic heterocycles. The van der Waals surface area contributed by atoms with E-state index in [4.69, 9.17) is 5.73 Å². The summed E-state index contributed by atoms with van der Waals surface area (Å²) in [5.41, 5.74) is 6.34. The number of guanidine groups is 1. The van der Waals surface area contributed by atoms with Crippen molar-refractivity contribution in [1.29, 1.82) is 0 Å². The number of alkyl halides is 2. The average Bonchev–Trinajstić information content (AvgIpc) is 2.94. The van der Waals surface area contributed by atoms with Crippen LogP contribution < -0.4 is 15.8 Å². The molecule has 4 rings (SSSR count). The number of hydrogen-bond acceptors (Lipinski definition) is 5. The standard InChI is InChI=1S/C20H17F2N3O3/c21-18(22)28-16-6-4-13(5-7-16)20(17(27)24-19(23)25-20)14-3-1-2-11(8-14)12-9-15(26)10-12/h1-8,12,18H,9-10H2,(H3,23,24,25,27). The van der Waals surface area contributed by atoms with Crippen LogP contribution in [0.2, 0.25) is 0 Å². The third-order valence-corrected chi connectivity index (χ3v) is 5.08. The first-order valence-corrected chi connectivity index (χ1v) is 8.73. The summed E-state index contributed by atoms with van der Waals surface area (Å²) >= 11 is 0. The third kappa shape index (κ3) is 3.00. The van der Waals surface area contributed by atoms with E-state index >= 15 is 0 Å². The lowest BCUT2D eigenvalue weighted by Crippen LogP contribution is -2.39. The van der Waals surface area contributed by atoms with Gasteiger partial charge in [-0.3, -0.25) is 14.9 Å². The molecule has 1 atom stereocenters. The Hall–Kier alpha value is -3.29. The van der Waals surface area contributed by atoms with Gasteiger partial charge in [-0.05, 0) is 34.7 Å². The minimum absolute atomic E-state index is 0.0222. The second-order valence-corrected chi connectivity index (χ2v) is 6.83. The lowest BCUT2D eigenvalue weighted by Gasteiger charge is -2.28. The predicted octanol–water partition coefficient (Wildman–Crippen LogP) is 2.42. The van der Waals surface area contributed by atoms with Gasteiger partial charge in [0.15, 0.2) is 11.5 Å². The smallest absolute Gasteiger partial charge is 0.387 e. The van der Waals surface area contributed by atoms with Gasteiger partial charge in [0.25, 0.3) is 5.91 Å².